The van der Waals surface area contributed by atoms with Crippen LogP contribution in [0, 0.1) is 0 Å². The molecule has 0 saturated carbocycles. The second kappa shape index (κ2) is 5.97. The Morgan fingerprint density at radius 2 is 1.95 bits per heavy atom. The fourth-order valence-corrected chi connectivity index (χ4v) is 5.42. The van der Waals surface area contributed by atoms with Crippen molar-refractivity contribution >= 4 is 30.1 Å². The molecule has 1 aromatic carbocycles. The van der Waals surface area contributed by atoms with E-state index in [4.69, 9.17) is 0 Å². The van der Waals surface area contributed by atoms with Crippen molar-refractivity contribution in [3.8, 4) is 0 Å². The Bertz CT molecular complexity index is 686. The third-order valence-corrected chi connectivity index (χ3v) is 7.72. The lowest BCUT2D eigenvalue weighted by molar-refractivity contribution is 0.705. The standard InChI is InChI=1S/C20H25BrSi/c1-14-12-19-18(6-5-7-20(19)21)17(14)11-9-15-8-10-16(13-15)22(2,3)4/h5-7,10,12-13,17H,8-9,11H2,1-4H3. The summed E-state index contributed by atoms with van der Waals surface area (Å²) in [5.41, 5.74) is 6.04. The van der Waals surface area contributed by atoms with Crippen LogP contribution < -0.4 is 0 Å². The molecular formula is C20H25BrSi. The van der Waals surface area contributed by atoms with Gasteiger partial charge in [-0.15, -0.1) is 0 Å². The second-order valence-corrected chi connectivity index (χ2v) is 13.6. The van der Waals surface area contributed by atoms with Crippen molar-refractivity contribution in [1.82, 2.24) is 0 Å². The molecule has 1 unspecified atom stereocenters. The monoisotopic (exact) mass is 372 g/mol. The fourth-order valence-electron chi connectivity index (χ4n) is 3.57. The molecule has 22 heavy (non-hydrogen) atoms. The molecule has 0 aromatic heterocycles. The molecule has 0 amide bonds. The van der Waals surface area contributed by atoms with Crippen molar-refractivity contribution in [1.29, 1.82) is 0 Å². The smallest absolute Gasteiger partial charge is 0.0771 e. The van der Waals surface area contributed by atoms with Gasteiger partial charge in [0.2, 0.25) is 0 Å². The van der Waals surface area contributed by atoms with Gasteiger partial charge in [0.25, 0.3) is 0 Å². The lowest BCUT2D eigenvalue weighted by Crippen LogP contribution is -2.21. The number of fused-ring (bicyclic) bond motifs is 1. The van der Waals surface area contributed by atoms with Crippen molar-refractivity contribution in [3.05, 3.63) is 62.3 Å². The minimum atomic E-state index is -1.14. The Hall–Kier alpha value is -0.863. The van der Waals surface area contributed by atoms with Gasteiger partial charge in [0.1, 0.15) is 0 Å². The van der Waals surface area contributed by atoms with E-state index in [9.17, 15) is 0 Å². The molecule has 1 atom stereocenters. The largest absolute Gasteiger partial charge is 0.0812 e. The molecule has 2 aliphatic carbocycles. The van der Waals surface area contributed by atoms with E-state index in [1.165, 1.54) is 40.4 Å². The quantitative estimate of drug-likeness (QED) is 0.506. The molecule has 0 bridgehead atoms. The van der Waals surface area contributed by atoms with Gasteiger partial charge >= 0.3 is 0 Å². The molecule has 2 aliphatic rings. The zero-order valence-corrected chi connectivity index (χ0v) is 16.6. The van der Waals surface area contributed by atoms with Gasteiger partial charge in [-0.25, -0.2) is 0 Å². The van der Waals surface area contributed by atoms with Gasteiger partial charge in [0.15, 0.2) is 0 Å². The summed E-state index contributed by atoms with van der Waals surface area (Å²) in [6, 6.07) is 6.61. The number of rotatable bonds is 4. The van der Waals surface area contributed by atoms with Crippen LogP contribution in [0.25, 0.3) is 6.08 Å². The van der Waals surface area contributed by atoms with Crippen LogP contribution in [0.15, 0.2) is 51.2 Å². The van der Waals surface area contributed by atoms with Crippen molar-refractivity contribution in [2.75, 3.05) is 0 Å². The van der Waals surface area contributed by atoms with Crippen LogP contribution in [0.3, 0.4) is 0 Å². The summed E-state index contributed by atoms with van der Waals surface area (Å²) < 4.78 is 1.23. The molecule has 0 heterocycles. The Labute approximate surface area is 144 Å². The average Bonchev–Trinajstić information content (AvgIpc) is 3.01. The van der Waals surface area contributed by atoms with Crippen LogP contribution in [0.1, 0.15) is 43.2 Å². The van der Waals surface area contributed by atoms with Crippen molar-refractivity contribution in [2.45, 2.75) is 51.7 Å². The molecule has 0 saturated heterocycles. The van der Waals surface area contributed by atoms with Crippen LogP contribution in [-0.4, -0.2) is 8.07 Å². The second-order valence-electron chi connectivity index (χ2n) is 7.64. The van der Waals surface area contributed by atoms with E-state index >= 15 is 0 Å². The van der Waals surface area contributed by atoms with Crippen molar-refractivity contribution in [3.63, 3.8) is 0 Å². The van der Waals surface area contributed by atoms with E-state index in [1.807, 2.05) is 0 Å². The zero-order chi connectivity index (χ0) is 15.9. The summed E-state index contributed by atoms with van der Waals surface area (Å²) in [7, 11) is -1.14. The first-order chi connectivity index (χ1) is 10.4. The third kappa shape index (κ3) is 3.09. The summed E-state index contributed by atoms with van der Waals surface area (Å²) in [4.78, 5) is 0. The highest BCUT2D eigenvalue weighted by molar-refractivity contribution is 9.10. The maximum absolute atomic E-state index is 3.69. The van der Waals surface area contributed by atoms with Crippen LogP contribution in [-0.2, 0) is 0 Å². The van der Waals surface area contributed by atoms with E-state index in [0.29, 0.717) is 5.92 Å². The van der Waals surface area contributed by atoms with E-state index in [0.717, 1.165) is 0 Å². The lowest BCUT2D eigenvalue weighted by atomic mass is 9.90. The number of hydrogen-bond acceptors (Lipinski definition) is 0. The summed E-state index contributed by atoms with van der Waals surface area (Å²) >= 11 is 3.69. The summed E-state index contributed by atoms with van der Waals surface area (Å²) in [5.74, 6) is 0.601. The number of allylic oxidation sites excluding steroid dienone is 5. The first-order valence-electron chi connectivity index (χ1n) is 8.23. The molecule has 0 spiro atoms. The summed E-state index contributed by atoms with van der Waals surface area (Å²) in [6.07, 6.45) is 11.0. The van der Waals surface area contributed by atoms with Crippen LogP contribution >= 0.6 is 15.9 Å². The van der Waals surface area contributed by atoms with Gasteiger partial charge in [0, 0.05) is 10.4 Å². The summed E-state index contributed by atoms with van der Waals surface area (Å²) in [6.45, 7) is 9.60. The predicted octanol–water partition coefficient (Wildman–Crippen LogP) is 6.86. The van der Waals surface area contributed by atoms with Gasteiger partial charge in [-0.2, -0.15) is 0 Å². The van der Waals surface area contributed by atoms with Gasteiger partial charge in [-0.3, -0.25) is 0 Å². The Morgan fingerprint density at radius 1 is 1.18 bits per heavy atom. The highest BCUT2D eigenvalue weighted by atomic mass is 79.9. The SMILES string of the molecule is CC1=Cc2c(Br)cccc2C1CCC1=CC([Si](C)(C)C)=CC1. The first-order valence-corrected chi connectivity index (χ1v) is 12.5. The molecule has 0 aliphatic heterocycles. The van der Waals surface area contributed by atoms with Crippen molar-refractivity contribution < 1.29 is 0 Å². The van der Waals surface area contributed by atoms with E-state index < -0.39 is 8.07 Å². The number of benzene rings is 1. The molecular weight excluding hydrogens is 348 g/mol. The van der Waals surface area contributed by atoms with Gasteiger partial charge in [-0.05, 0) is 43.4 Å². The Balaban J connectivity index is 1.70. The van der Waals surface area contributed by atoms with Crippen LogP contribution in [0.4, 0.5) is 0 Å². The minimum Gasteiger partial charge on any atom is -0.0812 e. The van der Waals surface area contributed by atoms with E-state index in [1.54, 1.807) is 10.8 Å². The molecule has 1 aromatic rings. The van der Waals surface area contributed by atoms with E-state index in [-0.39, 0.29) is 0 Å². The number of hydrogen-bond donors (Lipinski definition) is 0. The third-order valence-electron chi connectivity index (χ3n) is 4.95. The molecule has 0 fully saturated rings. The molecule has 3 rings (SSSR count). The first kappa shape index (κ1) is 16.0. The van der Waals surface area contributed by atoms with Crippen molar-refractivity contribution in [2.24, 2.45) is 0 Å². The van der Waals surface area contributed by atoms with Gasteiger partial charge < -0.3 is 0 Å². The maximum Gasteiger partial charge on any atom is 0.0771 e. The summed E-state index contributed by atoms with van der Waals surface area (Å²) in [5, 5.41) is 1.64. The van der Waals surface area contributed by atoms with Crippen LogP contribution in [0.5, 0.6) is 0 Å². The normalized spacial score (nSPS) is 20.6. The minimum absolute atomic E-state index is 0.601. The van der Waals surface area contributed by atoms with Gasteiger partial charge in [-0.1, -0.05) is 82.3 Å². The molecule has 0 radical (unpaired) electrons. The molecule has 0 N–H and O–H groups in total. The molecule has 116 valence electrons. The Morgan fingerprint density at radius 3 is 2.64 bits per heavy atom. The predicted molar refractivity (Wildman–Crippen MR) is 104 cm³/mol. The highest BCUT2D eigenvalue weighted by Crippen LogP contribution is 2.43. The Kier molecular flexibility index (Phi) is 4.35. The maximum atomic E-state index is 3.69. The lowest BCUT2D eigenvalue weighted by Gasteiger charge is -2.16. The van der Waals surface area contributed by atoms with Crippen LogP contribution in [0.2, 0.25) is 19.6 Å². The highest BCUT2D eigenvalue weighted by Gasteiger charge is 2.25. The fraction of sp³-hybridized carbons (Fsp3) is 0.400. The average molecular weight is 373 g/mol. The zero-order valence-electron chi connectivity index (χ0n) is 14.0. The van der Waals surface area contributed by atoms with Gasteiger partial charge in [0.05, 0.1) is 8.07 Å². The number of halogens is 1. The van der Waals surface area contributed by atoms with E-state index in [2.05, 4.69) is 78.9 Å². The topological polar surface area (TPSA) is 0 Å². The molecule has 2 heteroatoms. The molecule has 0 nitrogen and oxygen atoms in total.